The van der Waals surface area contributed by atoms with E-state index in [1.165, 1.54) is 0 Å². The highest BCUT2D eigenvalue weighted by molar-refractivity contribution is 5.88. The van der Waals surface area contributed by atoms with Crippen LogP contribution in [0.4, 0.5) is 0 Å². The molecule has 0 spiro atoms. The predicted molar refractivity (Wildman–Crippen MR) is 113 cm³/mol. The van der Waals surface area contributed by atoms with Crippen molar-refractivity contribution in [3.8, 4) is 11.5 Å². The van der Waals surface area contributed by atoms with Crippen molar-refractivity contribution in [2.45, 2.75) is 26.3 Å². The molecule has 1 amide bonds. The molecular formula is C24H27NO3. The van der Waals surface area contributed by atoms with Gasteiger partial charge in [0.25, 0.3) is 0 Å². The number of carbonyl (C=O) groups is 1. The highest BCUT2D eigenvalue weighted by Crippen LogP contribution is 2.29. The van der Waals surface area contributed by atoms with Gasteiger partial charge in [0, 0.05) is 19.2 Å². The van der Waals surface area contributed by atoms with Crippen molar-refractivity contribution >= 4 is 16.7 Å². The van der Waals surface area contributed by atoms with Crippen LogP contribution >= 0.6 is 0 Å². The lowest BCUT2D eigenvalue weighted by Gasteiger charge is -2.21. The maximum Gasteiger partial charge on any atom is 0.227 e. The highest BCUT2D eigenvalue weighted by Gasteiger charge is 2.15. The Kier molecular flexibility index (Phi) is 6.53. The lowest BCUT2D eigenvalue weighted by atomic mass is 10.0. The topological polar surface area (TPSA) is 38.8 Å². The zero-order valence-electron chi connectivity index (χ0n) is 16.8. The number of hydrogen-bond acceptors (Lipinski definition) is 3. The largest absolute Gasteiger partial charge is 0.497 e. The molecule has 0 fully saturated rings. The van der Waals surface area contributed by atoms with E-state index in [2.05, 4.69) is 25.1 Å². The predicted octanol–water partition coefficient (Wildman–Crippen LogP) is 4.84. The van der Waals surface area contributed by atoms with Gasteiger partial charge in [0.2, 0.25) is 5.91 Å². The molecule has 0 bridgehead atoms. The molecule has 0 aromatic heterocycles. The summed E-state index contributed by atoms with van der Waals surface area (Å²) in [6.45, 7) is 3.26. The fourth-order valence-corrected chi connectivity index (χ4v) is 3.20. The molecule has 0 radical (unpaired) electrons. The van der Waals surface area contributed by atoms with Gasteiger partial charge in [-0.25, -0.2) is 0 Å². The third kappa shape index (κ3) is 4.63. The molecule has 0 saturated heterocycles. The summed E-state index contributed by atoms with van der Waals surface area (Å²) in [4.78, 5) is 14.6. The summed E-state index contributed by atoms with van der Waals surface area (Å²) in [5.41, 5.74) is 2.02. The molecule has 0 atom stereocenters. The zero-order valence-corrected chi connectivity index (χ0v) is 16.8. The third-order valence-electron chi connectivity index (χ3n) is 4.79. The minimum absolute atomic E-state index is 0.0690. The van der Waals surface area contributed by atoms with E-state index in [0.29, 0.717) is 19.6 Å². The maximum atomic E-state index is 12.8. The van der Waals surface area contributed by atoms with E-state index >= 15 is 0 Å². The molecular weight excluding hydrogens is 350 g/mol. The van der Waals surface area contributed by atoms with Crippen molar-refractivity contribution in [3.05, 3.63) is 71.8 Å². The SMILES string of the molecule is CCCOc1ccc2ccccc2c1CN(C)C(=O)Cc1ccc(OC)cc1. The van der Waals surface area contributed by atoms with Crippen LogP contribution in [0.5, 0.6) is 11.5 Å². The fraction of sp³-hybridized carbons (Fsp3) is 0.292. The van der Waals surface area contributed by atoms with Crippen molar-refractivity contribution in [3.63, 3.8) is 0 Å². The number of rotatable bonds is 8. The molecule has 3 aromatic carbocycles. The first-order valence-corrected chi connectivity index (χ1v) is 9.62. The highest BCUT2D eigenvalue weighted by atomic mass is 16.5. The van der Waals surface area contributed by atoms with Gasteiger partial charge in [0.1, 0.15) is 11.5 Å². The first kappa shape index (κ1) is 19.7. The number of methoxy groups -OCH3 is 1. The molecule has 0 unspecified atom stereocenters. The molecule has 3 rings (SSSR count). The Bertz CT molecular complexity index is 934. The first-order chi connectivity index (χ1) is 13.6. The summed E-state index contributed by atoms with van der Waals surface area (Å²) in [7, 11) is 3.48. The molecule has 0 aliphatic carbocycles. The first-order valence-electron chi connectivity index (χ1n) is 9.62. The van der Waals surface area contributed by atoms with Gasteiger partial charge in [-0.1, -0.05) is 49.4 Å². The van der Waals surface area contributed by atoms with Crippen LogP contribution in [0.3, 0.4) is 0 Å². The van der Waals surface area contributed by atoms with E-state index in [1.54, 1.807) is 12.0 Å². The van der Waals surface area contributed by atoms with Crippen molar-refractivity contribution in [1.29, 1.82) is 0 Å². The van der Waals surface area contributed by atoms with E-state index in [-0.39, 0.29) is 5.91 Å². The number of fused-ring (bicyclic) bond motifs is 1. The van der Waals surface area contributed by atoms with E-state index in [9.17, 15) is 4.79 Å². The Morgan fingerprint density at radius 2 is 1.75 bits per heavy atom. The van der Waals surface area contributed by atoms with E-state index in [4.69, 9.17) is 9.47 Å². The molecule has 0 saturated carbocycles. The Balaban J connectivity index is 1.80. The minimum Gasteiger partial charge on any atom is -0.497 e. The molecule has 3 aromatic rings. The zero-order chi connectivity index (χ0) is 19.9. The summed E-state index contributed by atoms with van der Waals surface area (Å²) < 4.78 is 11.1. The van der Waals surface area contributed by atoms with Gasteiger partial charge < -0.3 is 14.4 Å². The molecule has 0 aliphatic rings. The van der Waals surface area contributed by atoms with Gasteiger partial charge >= 0.3 is 0 Å². The van der Waals surface area contributed by atoms with Crippen LogP contribution in [0, 0.1) is 0 Å². The van der Waals surface area contributed by atoms with Gasteiger partial charge in [-0.15, -0.1) is 0 Å². The number of nitrogens with zero attached hydrogens (tertiary/aromatic N) is 1. The summed E-state index contributed by atoms with van der Waals surface area (Å²) in [5.74, 6) is 1.71. The van der Waals surface area contributed by atoms with Crippen molar-refractivity contribution in [2.24, 2.45) is 0 Å². The number of amides is 1. The number of carbonyl (C=O) groups excluding carboxylic acids is 1. The van der Waals surface area contributed by atoms with E-state index in [0.717, 1.165) is 39.8 Å². The summed E-state index contributed by atoms with van der Waals surface area (Å²) >= 11 is 0. The van der Waals surface area contributed by atoms with Crippen LogP contribution in [0.15, 0.2) is 60.7 Å². The van der Waals surface area contributed by atoms with E-state index < -0.39 is 0 Å². The second-order valence-electron chi connectivity index (χ2n) is 6.89. The molecule has 0 heterocycles. The number of ether oxygens (including phenoxy) is 2. The van der Waals surface area contributed by atoms with Crippen LogP contribution < -0.4 is 9.47 Å². The summed E-state index contributed by atoms with van der Waals surface area (Å²) in [6.07, 6.45) is 1.30. The summed E-state index contributed by atoms with van der Waals surface area (Å²) in [5, 5.41) is 2.28. The fourth-order valence-electron chi connectivity index (χ4n) is 3.20. The average Bonchev–Trinajstić information content (AvgIpc) is 2.73. The molecule has 4 heteroatoms. The van der Waals surface area contributed by atoms with Gasteiger partial charge in [-0.3, -0.25) is 4.79 Å². The minimum atomic E-state index is 0.0690. The Labute approximate surface area is 166 Å². The second-order valence-corrected chi connectivity index (χ2v) is 6.89. The smallest absolute Gasteiger partial charge is 0.227 e. The van der Waals surface area contributed by atoms with Crippen LogP contribution in [-0.4, -0.2) is 31.6 Å². The van der Waals surface area contributed by atoms with E-state index in [1.807, 2.05) is 49.5 Å². The average molecular weight is 377 g/mol. The monoisotopic (exact) mass is 377 g/mol. The van der Waals surface area contributed by atoms with Crippen molar-refractivity contribution < 1.29 is 14.3 Å². The van der Waals surface area contributed by atoms with Crippen molar-refractivity contribution in [1.82, 2.24) is 4.90 Å². The Morgan fingerprint density at radius 3 is 2.46 bits per heavy atom. The lowest BCUT2D eigenvalue weighted by Crippen LogP contribution is -2.28. The standard InChI is InChI=1S/C24H27NO3/c1-4-15-28-23-14-11-19-7-5-6-8-21(19)22(23)17-25(2)24(26)16-18-9-12-20(27-3)13-10-18/h5-14H,4,15-17H2,1-3H3. The lowest BCUT2D eigenvalue weighted by molar-refractivity contribution is -0.129. The van der Waals surface area contributed by atoms with Gasteiger partial charge in [-0.05, 0) is 41.0 Å². The Morgan fingerprint density at radius 1 is 1.00 bits per heavy atom. The van der Waals surface area contributed by atoms with Crippen LogP contribution in [-0.2, 0) is 17.8 Å². The van der Waals surface area contributed by atoms with Crippen LogP contribution in [0.2, 0.25) is 0 Å². The number of likely N-dealkylation sites (N-methyl/N-ethyl adjacent to an activating group) is 1. The van der Waals surface area contributed by atoms with Crippen LogP contribution in [0.1, 0.15) is 24.5 Å². The number of hydrogen-bond donors (Lipinski definition) is 0. The quantitative estimate of drug-likeness (QED) is 0.564. The molecule has 0 aliphatic heterocycles. The molecule has 4 nitrogen and oxygen atoms in total. The maximum absolute atomic E-state index is 12.8. The second kappa shape index (κ2) is 9.27. The molecule has 146 valence electrons. The Hall–Kier alpha value is -3.01. The van der Waals surface area contributed by atoms with Gasteiger partial charge in [0.15, 0.2) is 0 Å². The summed E-state index contributed by atoms with van der Waals surface area (Å²) in [6, 6.07) is 19.9. The van der Waals surface area contributed by atoms with Gasteiger partial charge in [-0.2, -0.15) is 0 Å². The third-order valence-corrected chi connectivity index (χ3v) is 4.79. The number of benzene rings is 3. The normalized spacial score (nSPS) is 10.7. The van der Waals surface area contributed by atoms with Gasteiger partial charge in [0.05, 0.1) is 20.1 Å². The molecule has 0 N–H and O–H groups in total. The molecule has 28 heavy (non-hydrogen) atoms. The van der Waals surface area contributed by atoms with Crippen molar-refractivity contribution in [2.75, 3.05) is 20.8 Å². The van der Waals surface area contributed by atoms with Crippen LogP contribution in [0.25, 0.3) is 10.8 Å².